The average Bonchev–Trinajstić information content (AvgIpc) is 2.34. The topological polar surface area (TPSA) is 62.2 Å². The van der Waals surface area contributed by atoms with E-state index in [1.54, 1.807) is 18.3 Å². The molecule has 0 spiro atoms. The molecule has 1 heterocycles. The lowest BCUT2D eigenvalue weighted by atomic mass is 10.2. The van der Waals surface area contributed by atoms with Crippen LogP contribution in [-0.4, -0.2) is 29.1 Å². The number of unbranched alkanes of at least 4 members (excludes halogenated alkanes) is 3. The monoisotopic (exact) mass is 256 g/mol. The van der Waals surface area contributed by atoms with E-state index in [-0.39, 0.29) is 17.7 Å². The minimum atomic E-state index is -0.190. The van der Waals surface area contributed by atoms with Crippen LogP contribution in [0, 0.1) is 0 Å². The van der Waals surface area contributed by atoms with E-state index < -0.39 is 0 Å². The van der Waals surface area contributed by atoms with Gasteiger partial charge in [-0.3, -0.25) is 4.79 Å². The van der Waals surface area contributed by atoms with Gasteiger partial charge in [0, 0.05) is 19.3 Å². The summed E-state index contributed by atoms with van der Waals surface area (Å²) in [5.74, 6) is -0.190. The number of rotatable bonds is 7. The number of carbonyl (C=O) groups is 1. The highest BCUT2D eigenvalue weighted by Gasteiger charge is 2.09. The Morgan fingerprint density at radius 2 is 2.12 bits per heavy atom. The molecule has 0 radical (unpaired) electrons. The lowest BCUT2D eigenvalue weighted by Gasteiger charge is -2.05. The number of aliphatic hydroxyl groups excluding tert-OH is 1. The Bertz CT molecular complexity index is 358. The molecule has 1 amide bonds. The summed E-state index contributed by atoms with van der Waals surface area (Å²) in [5, 5.41) is 11.6. The quantitative estimate of drug-likeness (QED) is 0.580. The second-order valence-electron chi connectivity index (χ2n) is 3.74. The number of aliphatic hydroxyl groups is 1. The standard InChI is InChI=1S/C12H17ClN2O2/c13-11-10(6-5-8-14-11)12(17)15-7-3-1-2-4-9-16/h5-6,8,16H,1-4,7,9H2,(H,15,17). The molecule has 4 nitrogen and oxygen atoms in total. The zero-order chi connectivity index (χ0) is 12.5. The van der Waals surface area contributed by atoms with Crippen LogP contribution in [-0.2, 0) is 0 Å². The van der Waals surface area contributed by atoms with Crippen LogP contribution >= 0.6 is 11.6 Å². The summed E-state index contributed by atoms with van der Waals surface area (Å²) in [6.07, 6.45) is 5.27. The first-order valence-electron chi connectivity index (χ1n) is 5.75. The van der Waals surface area contributed by atoms with E-state index in [1.807, 2.05) is 0 Å². The van der Waals surface area contributed by atoms with Crippen LogP contribution in [0.15, 0.2) is 18.3 Å². The highest BCUT2D eigenvalue weighted by atomic mass is 35.5. The highest BCUT2D eigenvalue weighted by Crippen LogP contribution is 2.10. The van der Waals surface area contributed by atoms with E-state index in [9.17, 15) is 4.79 Å². The van der Waals surface area contributed by atoms with Gasteiger partial charge in [-0.15, -0.1) is 0 Å². The van der Waals surface area contributed by atoms with Crippen molar-refractivity contribution in [1.82, 2.24) is 10.3 Å². The molecular formula is C12H17ClN2O2. The second-order valence-corrected chi connectivity index (χ2v) is 4.09. The average molecular weight is 257 g/mol. The predicted molar refractivity (Wildman–Crippen MR) is 67.1 cm³/mol. The maximum atomic E-state index is 11.7. The Kier molecular flexibility index (Phi) is 6.58. The molecule has 0 aromatic carbocycles. The van der Waals surface area contributed by atoms with E-state index in [0.29, 0.717) is 12.1 Å². The minimum absolute atomic E-state index is 0.190. The third-order valence-corrected chi connectivity index (χ3v) is 2.68. The van der Waals surface area contributed by atoms with Crippen molar-refractivity contribution < 1.29 is 9.90 Å². The molecule has 0 unspecified atom stereocenters. The molecule has 0 aliphatic carbocycles. The molecule has 2 N–H and O–H groups in total. The normalized spacial score (nSPS) is 10.2. The number of halogens is 1. The fourth-order valence-corrected chi connectivity index (χ4v) is 1.65. The van der Waals surface area contributed by atoms with Crippen LogP contribution in [0.25, 0.3) is 0 Å². The summed E-state index contributed by atoms with van der Waals surface area (Å²) in [6, 6.07) is 3.33. The van der Waals surface area contributed by atoms with Gasteiger partial charge in [-0.2, -0.15) is 0 Å². The van der Waals surface area contributed by atoms with Crippen LogP contribution in [0.5, 0.6) is 0 Å². The van der Waals surface area contributed by atoms with Crippen LogP contribution in [0.4, 0.5) is 0 Å². The summed E-state index contributed by atoms with van der Waals surface area (Å²) >= 11 is 5.80. The molecule has 1 aromatic rings. The molecule has 0 bridgehead atoms. The fraction of sp³-hybridized carbons (Fsp3) is 0.500. The number of carbonyl (C=O) groups excluding carboxylic acids is 1. The summed E-state index contributed by atoms with van der Waals surface area (Å²) in [4.78, 5) is 15.5. The van der Waals surface area contributed by atoms with E-state index in [0.717, 1.165) is 25.7 Å². The lowest BCUT2D eigenvalue weighted by molar-refractivity contribution is 0.0952. The second kappa shape index (κ2) is 8.03. The van der Waals surface area contributed by atoms with Gasteiger partial charge in [-0.05, 0) is 25.0 Å². The molecule has 0 aliphatic rings. The first kappa shape index (κ1) is 13.9. The molecule has 94 valence electrons. The maximum Gasteiger partial charge on any atom is 0.254 e. The smallest absolute Gasteiger partial charge is 0.254 e. The van der Waals surface area contributed by atoms with Crippen molar-refractivity contribution in [2.75, 3.05) is 13.2 Å². The number of aromatic nitrogens is 1. The van der Waals surface area contributed by atoms with Crippen molar-refractivity contribution in [3.63, 3.8) is 0 Å². The Hall–Kier alpha value is -1.13. The Morgan fingerprint density at radius 3 is 2.82 bits per heavy atom. The summed E-state index contributed by atoms with van der Waals surface area (Å²) in [6.45, 7) is 0.854. The number of hydrogen-bond acceptors (Lipinski definition) is 3. The molecule has 0 aliphatic heterocycles. The molecule has 0 saturated heterocycles. The zero-order valence-electron chi connectivity index (χ0n) is 9.66. The van der Waals surface area contributed by atoms with Gasteiger partial charge >= 0.3 is 0 Å². The van der Waals surface area contributed by atoms with Gasteiger partial charge in [0.15, 0.2) is 0 Å². The number of nitrogens with one attached hydrogen (secondary N) is 1. The molecule has 1 aromatic heterocycles. The lowest BCUT2D eigenvalue weighted by Crippen LogP contribution is -2.24. The SMILES string of the molecule is O=C(NCCCCCCO)c1cccnc1Cl. The van der Waals surface area contributed by atoms with Crippen molar-refractivity contribution >= 4 is 17.5 Å². The molecule has 0 atom stereocenters. The first-order valence-corrected chi connectivity index (χ1v) is 6.13. The zero-order valence-corrected chi connectivity index (χ0v) is 10.4. The minimum Gasteiger partial charge on any atom is -0.396 e. The molecule has 1 rings (SSSR count). The van der Waals surface area contributed by atoms with Gasteiger partial charge in [0.25, 0.3) is 5.91 Å². The maximum absolute atomic E-state index is 11.7. The number of nitrogens with zero attached hydrogens (tertiary/aromatic N) is 1. The van der Waals surface area contributed by atoms with Crippen LogP contribution in [0.2, 0.25) is 5.15 Å². The van der Waals surface area contributed by atoms with Crippen LogP contribution in [0.3, 0.4) is 0 Å². The molecule has 17 heavy (non-hydrogen) atoms. The van der Waals surface area contributed by atoms with Gasteiger partial charge in [0.2, 0.25) is 0 Å². The van der Waals surface area contributed by atoms with Gasteiger partial charge < -0.3 is 10.4 Å². The third kappa shape index (κ3) is 5.15. The van der Waals surface area contributed by atoms with Crippen LogP contribution in [0.1, 0.15) is 36.0 Å². The highest BCUT2D eigenvalue weighted by molar-refractivity contribution is 6.32. The molecular weight excluding hydrogens is 240 g/mol. The number of amides is 1. The van der Waals surface area contributed by atoms with Crippen molar-refractivity contribution in [1.29, 1.82) is 0 Å². The number of hydrogen-bond donors (Lipinski definition) is 2. The number of pyridine rings is 1. The van der Waals surface area contributed by atoms with E-state index >= 15 is 0 Å². The summed E-state index contributed by atoms with van der Waals surface area (Å²) in [7, 11) is 0. The Morgan fingerprint density at radius 1 is 1.35 bits per heavy atom. The fourth-order valence-electron chi connectivity index (χ4n) is 1.44. The first-order chi connectivity index (χ1) is 8.25. The van der Waals surface area contributed by atoms with Crippen molar-refractivity contribution in [2.45, 2.75) is 25.7 Å². The largest absolute Gasteiger partial charge is 0.396 e. The molecule has 0 fully saturated rings. The predicted octanol–water partition coefficient (Wildman–Crippen LogP) is 2.02. The van der Waals surface area contributed by atoms with Crippen molar-refractivity contribution in [3.8, 4) is 0 Å². The van der Waals surface area contributed by atoms with Gasteiger partial charge in [0.05, 0.1) is 5.56 Å². The van der Waals surface area contributed by atoms with Crippen LogP contribution < -0.4 is 5.32 Å². The van der Waals surface area contributed by atoms with Gasteiger partial charge in [-0.1, -0.05) is 24.4 Å². The van der Waals surface area contributed by atoms with Crippen molar-refractivity contribution in [3.05, 3.63) is 29.0 Å². The van der Waals surface area contributed by atoms with E-state index in [1.165, 1.54) is 0 Å². The Labute approximate surface area is 106 Å². The molecule has 0 saturated carbocycles. The summed E-state index contributed by atoms with van der Waals surface area (Å²) in [5.41, 5.74) is 0.407. The van der Waals surface area contributed by atoms with Gasteiger partial charge in [0.1, 0.15) is 5.15 Å². The van der Waals surface area contributed by atoms with Gasteiger partial charge in [-0.25, -0.2) is 4.98 Å². The molecule has 5 heteroatoms. The van der Waals surface area contributed by atoms with E-state index in [4.69, 9.17) is 16.7 Å². The Balaban J connectivity index is 2.24. The van der Waals surface area contributed by atoms with E-state index in [2.05, 4.69) is 10.3 Å². The summed E-state index contributed by atoms with van der Waals surface area (Å²) < 4.78 is 0. The van der Waals surface area contributed by atoms with Crippen molar-refractivity contribution in [2.24, 2.45) is 0 Å². The third-order valence-electron chi connectivity index (χ3n) is 2.37.